The first kappa shape index (κ1) is 9.70. The molecule has 0 saturated heterocycles. The average molecular weight is 213 g/mol. The van der Waals surface area contributed by atoms with Gasteiger partial charge in [-0.15, -0.1) is 10.2 Å². The van der Waals surface area contributed by atoms with E-state index in [2.05, 4.69) is 10.2 Å². The molecule has 78 valence electrons. The van der Waals surface area contributed by atoms with E-state index < -0.39 is 11.7 Å². The van der Waals surface area contributed by atoms with E-state index in [0.29, 0.717) is 5.69 Å². The monoisotopic (exact) mass is 213 g/mol. The average Bonchev–Trinajstić information content (AvgIpc) is 2.69. The van der Waals surface area contributed by atoms with Crippen LogP contribution < -0.4 is 0 Å². The summed E-state index contributed by atoms with van der Waals surface area (Å²) < 4.78 is 38.5. The molecule has 15 heavy (non-hydrogen) atoms. The van der Waals surface area contributed by atoms with E-state index >= 15 is 0 Å². The largest absolute Gasteiger partial charge is 0.416 e. The van der Waals surface area contributed by atoms with Crippen LogP contribution in [-0.2, 0) is 6.18 Å². The fourth-order valence-electron chi connectivity index (χ4n) is 1.18. The van der Waals surface area contributed by atoms with Gasteiger partial charge in [-0.2, -0.15) is 13.2 Å². The molecule has 0 aliphatic carbocycles. The van der Waals surface area contributed by atoms with Gasteiger partial charge in [0.2, 0.25) is 0 Å². The standard InChI is InChI=1S/C9H6F3N3/c10-9(11,12)7-2-1-3-8(4-7)15-5-13-14-6-15/h1-6H. The molecule has 0 fully saturated rings. The summed E-state index contributed by atoms with van der Waals surface area (Å²) >= 11 is 0. The lowest BCUT2D eigenvalue weighted by molar-refractivity contribution is -0.137. The first-order chi connectivity index (χ1) is 7.07. The van der Waals surface area contributed by atoms with E-state index in [1.807, 2.05) is 0 Å². The topological polar surface area (TPSA) is 30.7 Å². The molecule has 1 heterocycles. The molecule has 0 saturated carbocycles. The van der Waals surface area contributed by atoms with E-state index in [1.54, 1.807) is 6.07 Å². The Morgan fingerprint density at radius 3 is 2.33 bits per heavy atom. The molecule has 0 aliphatic heterocycles. The van der Waals surface area contributed by atoms with Crippen LogP contribution >= 0.6 is 0 Å². The number of nitrogens with zero attached hydrogens (tertiary/aromatic N) is 3. The van der Waals surface area contributed by atoms with Crippen LogP contribution in [0.15, 0.2) is 36.9 Å². The number of rotatable bonds is 1. The molecule has 3 nitrogen and oxygen atoms in total. The quantitative estimate of drug-likeness (QED) is 0.727. The van der Waals surface area contributed by atoms with E-state index in [1.165, 1.54) is 23.3 Å². The van der Waals surface area contributed by atoms with Crippen LogP contribution in [0.4, 0.5) is 13.2 Å². The summed E-state index contributed by atoms with van der Waals surface area (Å²) in [7, 11) is 0. The third-order valence-corrected chi connectivity index (χ3v) is 1.89. The van der Waals surface area contributed by atoms with Gasteiger partial charge in [0.15, 0.2) is 0 Å². The Morgan fingerprint density at radius 1 is 1.07 bits per heavy atom. The Bertz CT molecular complexity index is 448. The summed E-state index contributed by atoms with van der Waals surface area (Å²) in [4.78, 5) is 0. The summed E-state index contributed by atoms with van der Waals surface area (Å²) in [5, 5.41) is 7.04. The van der Waals surface area contributed by atoms with Crippen molar-refractivity contribution in [1.82, 2.24) is 14.8 Å². The molecule has 0 N–H and O–H groups in total. The van der Waals surface area contributed by atoms with Crippen molar-refractivity contribution in [2.45, 2.75) is 6.18 Å². The molecule has 1 aromatic carbocycles. The molecule has 0 radical (unpaired) electrons. The molecule has 2 rings (SSSR count). The summed E-state index contributed by atoms with van der Waals surface area (Å²) in [5.74, 6) is 0. The lowest BCUT2D eigenvalue weighted by Crippen LogP contribution is -2.05. The summed E-state index contributed by atoms with van der Waals surface area (Å²) in [6, 6.07) is 4.97. The Kier molecular flexibility index (Phi) is 2.18. The molecule has 1 aromatic heterocycles. The second-order valence-electron chi connectivity index (χ2n) is 2.92. The van der Waals surface area contributed by atoms with Crippen molar-refractivity contribution in [3.63, 3.8) is 0 Å². The third kappa shape index (κ3) is 1.98. The first-order valence-electron chi connectivity index (χ1n) is 4.09. The third-order valence-electron chi connectivity index (χ3n) is 1.89. The molecule has 0 bridgehead atoms. The summed E-state index contributed by atoms with van der Waals surface area (Å²) in [5.41, 5.74) is -0.302. The predicted molar refractivity (Wildman–Crippen MR) is 46.4 cm³/mol. The molecule has 0 spiro atoms. The molecule has 0 atom stereocenters. The predicted octanol–water partition coefficient (Wildman–Crippen LogP) is 2.29. The van der Waals surface area contributed by atoms with Crippen molar-refractivity contribution in [3.8, 4) is 5.69 Å². The number of benzene rings is 1. The van der Waals surface area contributed by atoms with Crippen LogP contribution in [0.1, 0.15) is 5.56 Å². The zero-order chi connectivity index (χ0) is 10.9. The molecule has 0 aliphatic rings. The molecule has 2 aromatic rings. The van der Waals surface area contributed by atoms with Gasteiger partial charge in [-0.25, -0.2) is 0 Å². The van der Waals surface area contributed by atoms with Gasteiger partial charge in [-0.1, -0.05) is 6.07 Å². The Hall–Kier alpha value is -1.85. The fraction of sp³-hybridized carbons (Fsp3) is 0.111. The highest BCUT2D eigenvalue weighted by Crippen LogP contribution is 2.30. The molecular weight excluding hydrogens is 207 g/mol. The van der Waals surface area contributed by atoms with Crippen LogP contribution in [-0.4, -0.2) is 14.8 Å². The highest BCUT2D eigenvalue weighted by molar-refractivity contribution is 5.36. The van der Waals surface area contributed by atoms with Gasteiger partial charge in [-0.05, 0) is 18.2 Å². The minimum Gasteiger partial charge on any atom is -0.288 e. The number of hydrogen-bond donors (Lipinski definition) is 0. The van der Waals surface area contributed by atoms with E-state index in [9.17, 15) is 13.2 Å². The van der Waals surface area contributed by atoms with Crippen LogP contribution in [0.3, 0.4) is 0 Å². The highest BCUT2D eigenvalue weighted by atomic mass is 19.4. The second kappa shape index (κ2) is 3.38. The molecule has 0 amide bonds. The maximum absolute atomic E-state index is 12.4. The van der Waals surface area contributed by atoms with Gasteiger partial charge >= 0.3 is 6.18 Å². The highest BCUT2D eigenvalue weighted by Gasteiger charge is 2.30. The minimum atomic E-state index is -4.33. The zero-order valence-corrected chi connectivity index (χ0v) is 7.44. The number of aromatic nitrogens is 3. The second-order valence-corrected chi connectivity index (χ2v) is 2.92. The van der Waals surface area contributed by atoms with E-state index in [0.717, 1.165) is 12.1 Å². The molecular formula is C9H6F3N3. The van der Waals surface area contributed by atoms with Crippen LogP contribution in [0.5, 0.6) is 0 Å². The maximum atomic E-state index is 12.4. The fourth-order valence-corrected chi connectivity index (χ4v) is 1.18. The smallest absolute Gasteiger partial charge is 0.288 e. The summed E-state index contributed by atoms with van der Waals surface area (Å²) in [6.45, 7) is 0. The van der Waals surface area contributed by atoms with E-state index in [4.69, 9.17) is 0 Å². The van der Waals surface area contributed by atoms with Crippen molar-refractivity contribution in [2.75, 3.05) is 0 Å². The van der Waals surface area contributed by atoms with Crippen molar-refractivity contribution in [1.29, 1.82) is 0 Å². The number of halogens is 3. The SMILES string of the molecule is FC(F)(F)c1cccc(-n2cnnc2)c1. The lowest BCUT2D eigenvalue weighted by atomic mass is 10.2. The van der Waals surface area contributed by atoms with Gasteiger partial charge in [0.1, 0.15) is 12.7 Å². The van der Waals surface area contributed by atoms with Crippen LogP contribution in [0, 0.1) is 0 Å². The maximum Gasteiger partial charge on any atom is 0.416 e. The minimum absolute atomic E-state index is 0.384. The Balaban J connectivity index is 2.44. The van der Waals surface area contributed by atoms with Gasteiger partial charge in [0, 0.05) is 5.69 Å². The summed E-state index contributed by atoms with van der Waals surface area (Å²) in [6.07, 6.45) is -1.64. The van der Waals surface area contributed by atoms with Gasteiger partial charge < -0.3 is 0 Å². The normalized spacial score (nSPS) is 11.7. The van der Waals surface area contributed by atoms with Crippen molar-refractivity contribution >= 4 is 0 Å². The molecule has 6 heteroatoms. The zero-order valence-electron chi connectivity index (χ0n) is 7.44. The van der Waals surface area contributed by atoms with Crippen molar-refractivity contribution in [3.05, 3.63) is 42.5 Å². The van der Waals surface area contributed by atoms with Gasteiger partial charge in [-0.3, -0.25) is 4.57 Å². The molecule has 0 unspecified atom stereocenters. The van der Waals surface area contributed by atoms with Crippen LogP contribution in [0.25, 0.3) is 5.69 Å². The number of alkyl halides is 3. The Labute approximate surface area is 83.2 Å². The number of hydrogen-bond acceptors (Lipinski definition) is 2. The van der Waals surface area contributed by atoms with Gasteiger partial charge in [0.05, 0.1) is 5.56 Å². The van der Waals surface area contributed by atoms with Crippen molar-refractivity contribution in [2.24, 2.45) is 0 Å². The lowest BCUT2D eigenvalue weighted by Gasteiger charge is -2.08. The Morgan fingerprint density at radius 2 is 1.73 bits per heavy atom. The first-order valence-corrected chi connectivity index (χ1v) is 4.09. The van der Waals surface area contributed by atoms with E-state index in [-0.39, 0.29) is 0 Å². The van der Waals surface area contributed by atoms with Crippen LogP contribution in [0.2, 0.25) is 0 Å². The van der Waals surface area contributed by atoms with Crippen molar-refractivity contribution < 1.29 is 13.2 Å². The van der Waals surface area contributed by atoms with Gasteiger partial charge in [0.25, 0.3) is 0 Å².